The number of carboxylic acids is 1. The Morgan fingerprint density at radius 3 is 2.65 bits per heavy atom. The topological polar surface area (TPSA) is 89.9 Å². The molecule has 2 fully saturated rings. The number of rotatable bonds is 2. The van der Waals surface area contributed by atoms with Gasteiger partial charge in [0.2, 0.25) is 5.91 Å². The Hall–Kier alpha value is -1.14. The molecule has 0 spiro atoms. The van der Waals surface area contributed by atoms with Crippen LogP contribution in [0.15, 0.2) is 0 Å². The number of piperidine rings is 1. The molecule has 6 nitrogen and oxygen atoms in total. The number of hydrogen-bond acceptors (Lipinski definition) is 4. The van der Waals surface area contributed by atoms with Gasteiger partial charge in [-0.05, 0) is 19.4 Å². The molecule has 1 amide bonds. The van der Waals surface area contributed by atoms with Gasteiger partial charge >= 0.3 is 5.97 Å². The van der Waals surface area contributed by atoms with E-state index in [0.29, 0.717) is 0 Å². The van der Waals surface area contributed by atoms with Crippen LogP contribution in [0.25, 0.3) is 0 Å². The van der Waals surface area contributed by atoms with Crippen molar-refractivity contribution in [3.05, 3.63) is 0 Å². The van der Waals surface area contributed by atoms with Crippen LogP contribution in [0.1, 0.15) is 25.7 Å². The lowest BCUT2D eigenvalue weighted by Gasteiger charge is -2.29. The summed E-state index contributed by atoms with van der Waals surface area (Å²) in [5.41, 5.74) is 0. The number of hydrogen-bond donors (Lipinski definition) is 3. The third kappa shape index (κ3) is 2.58. The fraction of sp³-hybridized carbons (Fsp3) is 0.818. The lowest BCUT2D eigenvalue weighted by atomic mass is 10.0. The molecule has 0 radical (unpaired) electrons. The van der Waals surface area contributed by atoms with E-state index in [4.69, 9.17) is 5.11 Å². The average Bonchev–Trinajstić information content (AvgIpc) is 2.72. The zero-order valence-corrected chi connectivity index (χ0v) is 9.63. The van der Waals surface area contributed by atoms with E-state index in [1.165, 1.54) is 4.90 Å². The summed E-state index contributed by atoms with van der Waals surface area (Å²) in [6.45, 7) is 0.929. The molecule has 0 saturated carbocycles. The van der Waals surface area contributed by atoms with Gasteiger partial charge in [0.25, 0.3) is 0 Å². The summed E-state index contributed by atoms with van der Waals surface area (Å²) in [6.07, 6.45) is 2.20. The number of carboxylic acid groups (broad SMARTS) is 1. The number of nitrogens with zero attached hydrogens (tertiary/aromatic N) is 1. The Labute approximate surface area is 99.6 Å². The van der Waals surface area contributed by atoms with Gasteiger partial charge in [0.05, 0.1) is 12.1 Å². The van der Waals surface area contributed by atoms with Crippen LogP contribution in [0.4, 0.5) is 0 Å². The molecule has 3 atom stereocenters. The van der Waals surface area contributed by atoms with Gasteiger partial charge in [-0.1, -0.05) is 6.42 Å². The van der Waals surface area contributed by atoms with Crippen molar-refractivity contribution < 1.29 is 19.8 Å². The molecule has 0 aromatic rings. The summed E-state index contributed by atoms with van der Waals surface area (Å²) < 4.78 is 0. The molecule has 2 saturated heterocycles. The van der Waals surface area contributed by atoms with E-state index in [9.17, 15) is 14.7 Å². The predicted octanol–water partition coefficient (Wildman–Crippen LogP) is -0.825. The minimum absolute atomic E-state index is 0.133. The van der Waals surface area contributed by atoms with Crippen LogP contribution < -0.4 is 5.32 Å². The summed E-state index contributed by atoms with van der Waals surface area (Å²) in [6, 6.07) is -1.16. The van der Waals surface area contributed by atoms with Crippen LogP contribution in [0.3, 0.4) is 0 Å². The smallest absolute Gasteiger partial charge is 0.326 e. The second kappa shape index (κ2) is 5.01. The number of carbonyl (C=O) groups is 2. The van der Waals surface area contributed by atoms with Gasteiger partial charge in [0.1, 0.15) is 6.04 Å². The van der Waals surface area contributed by atoms with Crippen LogP contribution in [0.5, 0.6) is 0 Å². The Kier molecular flexibility index (Phi) is 3.63. The van der Waals surface area contributed by atoms with Crippen molar-refractivity contribution in [1.82, 2.24) is 10.2 Å². The molecule has 2 rings (SSSR count). The Morgan fingerprint density at radius 1 is 1.29 bits per heavy atom. The highest BCUT2D eigenvalue weighted by Gasteiger charge is 2.41. The molecule has 0 aliphatic carbocycles. The molecule has 2 aliphatic rings. The molecule has 3 N–H and O–H groups in total. The van der Waals surface area contributed by atoms with E-state index in [1.807, 2.05) is 0 Å². The third-order valence-electron chi connectivity index (χ3n) is 3.46. The normalized spacial score (nSPS) is 33.7. The maximum absolute atomic E-state index is 12.1. The third-order valence-corrected chi connectivity index (χ3v) is 3.46. The Balaban J connectivity index is 2.04. The summed E-state index contributed by atoms with van der Waals surface area (Å²) in [5, 5.41) is 21.6. The molecule has 17 heavy (non-hydrogen) atoms. The van der Waals surface area contributed by atoms with Gasteiger partial charge in [-0.3, -0.25) is 4.79 Å². The molecule has 0 aromatic heterocycles. The quantitative estimate of drug-likeness (QED) is 0.588. The van der Waals surface area contributed by atoms with E-state index < -0.39 is 18.1 Å². The highest BCUT2D eigenvalue weighted by Crippen LogP contribution is 2.21. The lowest BCUT2D eigenvalue weighted by Crippen LogP contribution is -2.51. The van der Waals surface area contributed by atoms with Crippen LogP contribution in [0, 0.1) is 0 Å². The minimum Gasteiger partial charge on any atom is -0.480 e. The summed E-state index contributed by atoms with van der Waals surface area (Å²) in [7, 11) is 0. The number of nitrogens with one attached hydrogen (secondary N) is 1. The van der Waals surface area contributed by atoms with E-state index in [0.717, 1.165) is 25.8 Å². The number of aliphatic hydroxyl groups is 1. The zero-order chi connectivity index (χ0) is 12.4. The standard InChI is InChI=1S/C11H18N2O4/c14-7-5-9(11(16)17)13(6-7)10(15)8-3-1-2-4-12-8/h7-9,12,14H,1-6H2,(H,16,17)/t7?,8-,9-/m0/s1. The van der Waals surface area contributed by atoms with Crippen molar-refractivity contribution in [2.24, 2.45) is 0 Å². The van der Waals surface area contributed by atoms with E-state index >= 15 is 0 Å². The van der Waals surface area contributed by atoms with Gasteiger partial charge in [-0.2, -0.15) is 0 Å². The first-order valence-corrected chi connectivity index (χ1v) is 6.04. The van der Waals surface area contributed by atoms with Crippen molar-refractivity contribution in [2.45, 2.75) is 43.9 Å². The monoisotopic (exact) mass is 242 g/mol. The maximum Gasteiger partial charge on any atom is 0.326 e. The van der Waals surface area contributed by atoms with Crippen LogP contribution in [-0.2, 0) is 9.59 Å². The molecule has 6 heteroatoms. The molecule has 0 bridgehead atoms. The van der Waals surface area contributed by atoms with Crippen LogP contribution in [0.2, 0.25) is 0 Å². The van der Waals surface area contributed by atoms with Gasteiger partial charge < -0.3 is 20.4 Å². The molecule has 2 aliphatic heterocycles. The number of aliphatic carboxylic acids is 1. The minimum atomic E-state index is -1.04. The second-order valence-corrected chi connectivity index (χ2v) is 4.74. The van der Waals surface area contributed by atoms with Crippen molar-refractivity contribution in [3.63, 3.8) is 0 Å². The first-order valence-electron chi connectivity index (χ1n) is 6.04. The predicted molar refractivity (Wildman–Crippen MR) is 59.4 cm³/mol. The average molecular weight is 242 g/mol. The number of aliphatic hydroxyl groups excluding tert-OH is 1. The number of β-amino-alcohol motifs (C(OH)–C–C–N with tert-alkyl or cyclic N) is 1. The van der Waals surface area contributed by atoms with Crippen molar-refractivity contribution in [3.8, 4) is 0 Å². The number of carbonyl (C=O) groups excluding carboxylic acids is 1. The SMILES string of the molecule is O=C(O)[C@@H]1CC(O)CN1C(=O)[C@@H]1CCCCN1. The van der Waals surface area contributed by atoms with Crippen molar-refractivity contribution >= 4 is 11.9 Å². The number of likely N-dealkylation sites (tertiary alicyclic amines) is 1. The molecule has 1 unspecified atom stereocenters. The molecular weight excluding hydrogens is 224 g/mol. The van der Waals surface area contributed by atoms with E-state index in [2.05, 4.69) is 5.32 Å². The van der Waals surface area contributed by atoms with Gasteiger partial charge in [0, 0.05) is 13.0 Å². The van der Waals surface area contributed by atoms with Crippen LogP contribution >= 0.6 is 0 Å². The van der Waals surface area contributed by atoms with E-state index in [-0.39, 0.29) is 24.9 Å². The van der Waals surface area contributed by atoms with Gasteiger partial charge in [-0.25, -0.2) is 4.79 Å². The highest BCUT2D eigenvalue weighted by atomic mass is 16.4. The summed E-state index contributed by atoms with van der Waals surface area (Å²) in [4.78, 5) is 24.5. The summed E-state index contributed by atoms with van der Waals surface area (Å²) >= 11 is 0. The highest BCUT2D eigenvalue weighted by molar-refractivity contribution is 5.87. The zero-order valence-electron chi connectivity index (χ0n) is 9.63. The fourth-order valence-corrected chi connectivity index (χ4v) is 2.55. The Morgan fingerprint density at radius 2 is 2.06 bits per heavy atom. The Bertz CT molecular complexity index is 315. The second-order valence-electron chi connectivity index (χ2n) is 4.74. The molecular formula is C11H18N2O4. The van der Waals surface area contributed by atoms with Crippen molar-refractivity contribution in [2.75, 3.05) is 13.1 Å². The van der Waals surface area contributed by atoms with Gasteiger partial charge in [-0.15, -0.1) is 0 Å². The largest absolute Gasteiger partial charge is 0.480 e. The van der Waals surface area contributed by atoms with E-state index in [1.54, 1.807) is 0 Å². The maximum atomic E-state index is 12.1. The molecule has 2 heterocycles. The van der Waals surface area contributed by atoms with Crippen LogP contribution in [-0.4, -0.2) is 58.3 Å². The summed E-state index contributed by atoms with van der Waals surface area (Å²) in [5.74, 6) is -1.22. The number of amides is 1. The first-order chi connectivity index (χ1) is 8.09. The molecule has 0 aromatic carbocycles. The first kappa shape index (κ1) is 12.3. The molecule has 96 valence electrons. The van der Waals surface area contributed by atoms with Gasteiger partial charge in [0.15, 0.2) is 0 Å². The lowest BCUT2D eigenvalue weighted by molar-refractivity contribution is -0.149. The van der Waals surface area contributed by atoms with Crippen molar-refractivity contribution in [1.29, 1.82) is 0 Å². The fourth-order valence-electron chi connectivity index (χ4n) is 2.55.